The van der Waals surface area contributed by atoms with E-state index in [4.69, 9.17) is 5.11 Å². The summed E-state index contributed by atoms with van der Waals surface area (Å²) in [7, 11) is 0. The third kappa shape index (κ3) is 4.72. The maximum absolute atomic E-state index is 11.7. The number of carboxylic acids is 1. The van der Waals surface area contributed by atoms with Crippen molar-refractivity contribution in [3.63, 3.8) is 0 Å². The molecule has 0 atom stereocenters. The predicted molar refractivity (Wildman–Crippen MR) is 77.5 cm³/mol. The van der Waals surface area contributed by atoms with Gasteiger partial charge in [0.15, 0.2) is 0 Å². The quantitative estimate of drug-likeness (QED) is 0.730. The Morgan fingerprint density at radius 2 is 2.20 bits per heavy atom. The molecule has 0 radical (unpaired) electrons. The molecule has 1 amide bonds. The lowest BCUT2D eigenvalue weighted by atomic mass is 10.2. The van der Waals surface area contributed by atoms with E-state index in [2.05, 4.69) is 10.3 Å². The Hall–Kier alpha value is -2.37. The van der Waals surface area contributed by atoms with Crippen LogP contribution in [0.5, 0.6) is 0 Å². The van der Waals surface area contributed by atoms with Crippen LogP contribution in [-0.2, 0) is 9.59 Å². The van der Waals surface area contributed by atoms with Gasteiger partial charge in [0.25, 0.3) is 0 Å². The monoisotopic (exact) mass is 277 g/mol. The Morgan fingerprint density at radius 3 is 2.80 bits per heavy atom. The molecular formula is C14H19N3O3. The third-order valence-electron chi connectivity index (χ3n) is 2.61. The highest BCUT2D eigenvalue weighted by Gasteiger charge is 2.13. The van der Waals surface area contributed by atoms with Gasteiger partial charge >= 0.3 is 5.97 Å². The third-order valence-corrected chi connectivity index (χ3v) is 2.61. The Morgan fingerprint density at radius 1 is 1.45 bits per heavy atom. The second kappa shape index (κ2) is 7.93. The van der Waals surface area contributed by atoms with E-state index in [0.29, 0.717) is 24.5 Å². The number of nitrogens with one attached hydrogen (secondary N) is 1. The summed E-state index contributed by atoms with van der Waals surface area (Å²) in [5.74, 6) is -0.515. The van der Waals surface area contributed by atoms with Crippen LogP contribution < -0.4 is 10.2 Å². The Kier molecular flexibility index (Phi) is 6.22. The van der Waals surface area contributed by atoms with Crippen LogP contribution in [0.1, 0.15) is 19.4 Å². The minimum Gasteiger partial charge on any atom is -0.478 e. The Labute approximate surface area is 118 Å². The summed E-state index contributed by atoms with van der Waals surface area (Å²) < 4.78 is 0. The SMILES string of the molecule is CCNC(=O)CN(CC)c1ncccc1/C=C/C(=O)O. The molecule has 0 aliphatic carbocycles. The molecule has 108 valence electrons. The summed E-state index contributed by atoms with van der Waals surface area (Å²) >= 11 is 0. The Balaban J connectivity index is 2.97. The topological polar surface area (TPSA) is 82.5 Å². The summed E-state index contributed by atoms with van der Waals surface area (Å²) in [4.78, 5) is 28.3. The second-order valence-corrected chi connectivity index (χ2v) is 4.06. The standard InChI is InChI=1S/C14H19N3O3/c1-3-15-12(18)10-17(4-2)14-11(6-5-9-16-14)7-8-13(19)20/h5-9H,3-4,10H2,1-2H3,(H,15,18)(H,19,20)/b8-7+. The number of likely N-dealkylation sites (N-methyl/N-ethyl adjacent to an activating group) is 2. The lowest BCUT2D eigenvalue weighted by Gasteiger charge is -2.22. The van der Waals surface area contributed by atoms with Crippen LogP contribution in [0, 0.1) is 0 Å². The van der Waals surface area contributed by atoms with E-state index in [1.807, 2.05) is 13.8 Å². The number of aliphatic carboxylic acids is 1. The van der Waals surface area contributed by atoms with Gasteiger partial charge in [0.2, 0.25) is 5.91 Å². The zero-order valence-electron chi connectivity index (χ0n) is 11.7. The highest BCUT2D eigenvalue weighted by Crippen LogP contribution is 2.18. The van der Waals surface area contributed by atoms with Gasteiger partial charge in [-0.2, -0.15) is 0 Å². The maximum atomic E-state index is 11.7. The van der Waals surface area contributed by atoms with Gasteiger partial charge < -0.3 is 15.3 Å². The van der Waals surface area contributed by atoms with E-state index in [-0.39, 0.29) is 12.5 Å². The number of nitrogens with zero attached hydrogens (tertiary/aromatic N) is 2. The van der Waals surface area contributed by atoms with Crippen molar-refractivity contribution in [3.8, 4) is 0 Å². The molecule has 1 aromatic heterocycles. The molecule has 0 saturated carbocycles. The zero-order chi connectivity index (χ0) is 15.0. The first kappa shape index (κ1) is 15.7. The van der Waals surface area contributed by atoms with Gasteiger partial charge in [0.1, 0.15) is 5.82 Å². The molecule has 0 unspecified atom stereocenters. The van der Waals surface area contributed by atoms with Crippen molar-refractivity contribution < 1.29 is 14.7 Å². The first-order chi connectivity index (χ1) is 9.58. The van der Waals surface area contributed by atoms with Crippen LogP contribution in [0.3, 0.4) is 0 Å². The van der Waals surface area contributed by atoms with Crippen molar-refractivity contribution >= 4 is 23.8 Å². The van der Waals surface area contributed by atoms with Crippen molar-refractivity contribution in [3.05, 3.63) is 30.0 Å². The first-order valence-corrected chi connectivity index (χ1v) is 6.46. The molecule has 1 rings (SSSR count). The van der Waals surface area contributed by atoms with Crippen LogP contribution in [0.25, 0.3) is 6.08 Å². The van der Waals surface area contributed by atoms with Crippen molar-refractivity contribution in [1.82, 2.24) is 10.3 Å². The molecule has 0 aliphatic rings. The molecule has 2 N–H and O–H groups in total. The molecule has 1 heterocycles. The Bertz CT molecular complexity index is 500. The summed E-state index contributed by atoms with van der Waals surface area (Å²) in [5.41, 5.74) is 0.668. The molecule has 6 nitrogen and oxygen atoms in total. The molecule has 0 saturated heterocycles. The van der Waals surface area contributed by atoms with E-state index in [1.54, 1.807) is 23.2 Å². The lowest BCUT2D eigenvalue weighted by molar-refractivity contribution is -0.131. The number of hydrogen-bond acceptors (Lipinski definition) is 4. The number of anilines is 1. The summed E-state index contributed by atoms with van der Waals surface area (Å²) in [6, 6.07) is 3.49. The largest absolute Gasteiger partial charge is 0.478 e. The fourth-order valence-corrected chi connectivity index (χ4v) is 1.73. The van der Waals surface area contributed by atoms with Gasteiger partial charge in [-0.1, -0.05) is 0 Å². The normalized spacial score (nSPS) is 10.5. The van der Waals surface area contributed by atoms with Crippen LogP contribution >= 0.6 is 0 Å². The number of pyridine rings is 1. The van der Waals surface area contributed by atoms with Gasteiger partial charge in [0.05, 0.1) is 6.54 Å². The molecule has 20 heavy (non-hydrogen) atoms. The van der Waals surface area contributed by atoms with Crippen LogP contribution in [-0.4, -0.2) is 41.6 Å². The number of rotatable bonds is 7. The maximum Gasteiger partial charge on any atom is 0.328 e. The average molecular weight is 277 g/mol. The minimum atomic E-state index is -1.02. The first-order valence-electron chi connectivity index (χ1n) is 6.46. The second-order valence-electron chi connectivity index (χ2n) is 4.06. The fraction of sp³-hybridized carbons (Fsp3) is 0.357. The van der Waals surface area contributed by atoms with E-state index in [9.17, 15) is 9.59 Å². The number of hydrogen-bond donors (Lipinski definition) is 2. The van der Waals surface area contributed by atoms with Crippen molar-refractivity contribution in [1.29, 1.82) is 0 Å². The minimum absolute atomic E-state index is 0.0897. The fourth-order valence-electron chi connectivity index (χ4n) is 1.73. The van der Waals surface area contributed by atoms with E-state index >= 15 is 0 Å². The average Bonchev–Trinajstić information content (AvgIpc) is 2.43. The molecule has 0 aromatic carbocycles. The molecular weight excluding hydrogens is 258 g/mol. The van der Waals surface area contributed by atoms with E-state index < -0.39 is 5.97 Å². The van der Waals surface area contributed by atoms with Crippen LogP contribution in [0.4, 0.5) is 5.82 Å². The predicted octanol–water partition coefficient (Wildman–Crippen LogP) is 1.14. The lowest BCUT2D eigenvalue weighted by Crippen LogP contribution is -2.37. The zero-order valence-corrected chi connectivity index (χ0v) is 11.7. The number of carboxylic acid groups (broad SMARTS) is 1. The summed E-state index contributed by atoms with van der Waals surface area (Å²) in [6.07, 6.45) is 4.15. The van der Waals surface area contributed by atoms with Crippen molar-refractivity contribution in [2.45, 2.75) is 13.8 Å². The molecule has 0 aliphatic heterocycles. The van der Waals surface area contributed by atoms with Crippen LogP contribution in [0.15, 0.2) is 24.4 Å². The number of aromatic nitrogens is 1. The van der Waals surface area contributed by atoms with Crippen molar-refractivity contribution in [2.24, 2.45) is 0 Å². The highest BCUT2D eigenvalue weighted by atomic mass is 16.4. The van der Waals surface area contributed by atoms with Crippen LogP contribution in [0.2, 0.25) is 0 Å². The van der Waals surface area contributed by atoms with E-state index in [1.165, 1.54) is 6.08 Å². The van der Waals surface area contributed by atoms with E-state index in [0.717, 1.165) is 6.08 Å². The van der Waals surface area contributed by atoms with Gasteiger partial charge in [-0.3, -0.25) is 4.79 Å². The van der Waals surface area contributed by atoms with Gasteiger partial charge in [0, 0.05) is 30.9 Å². The number of carbonyl (C=O) groups excluding carboxylic acids is 1. The van der Waals surface area contributed by atoms with Gasteiger partial charge in [-0.15, -0.1) is 0 Å². The number of carbonyl (C=O) groups is 2. The van der Waals surface area contributed by atoms with Gasteiger partial charge in [-0.25, -0.2) is 9.78 Å². The molecule has 0 bridgehead atoms. The number of amides is 1. The molecule has 0 spiro atoms. The van der Waals surface area contributed by atoms with Crippen molar-refractivity contribution in [2.75, 3.05) is 24.5 Å². The smallest absolute Gasteiger partial charge is 0.328 e. The highest BCUT2D eigenvalue weighted by molar-refractivity contribution is 5.87. The molecule has 0 fully saturated rings. The summed E-state index contributed by atoms with van der Waals surface area (Å²) in [5, 5.41) is 11.4. The van der Waals surface area contributed by atoms with Gasteiger partial charge in [-0.05, 0) is 32.1 Å². The molecule has 6 heteroatoms. The molecule has 1 aromatic rings. The summed E-state index contributed by atoms with van der Waals surface area (Å²) in [6.45, 7) is 5.14.